The van der Waals surface area contributed by atoms with Gasteiger partial charge in [0.05, 0.1) is 5.92 Å². The van der Waals surface area contributed by atoms with Crippen LogP contribution in [-0.4, -0.2) is 29.2 Å². The van der Waals surface area contributed by atoms with Crippen LogP contribution in [0.15, 0.2) is 12.2 Å². The summed E-state index contributed by atoms with van der Waals surface area (Å²) in [6.07, 6.45) is -2.46. The van der Waals surface area contributed by atoms with Gasteiger partial charge < -0.3 is 10.4 Å². The molecule has 2 unspecified atom stereocenters. The zero-order chi connectivity index (χ0) is 11.6. The molecule has 0 aromatic rings. The smallest absolute Gasteiger partial charge is 0.471 e. The summed E-state index contributed by atoms with van der Waals surface area (Å²) < 4.78 is 35.4. The standard InChI is InChI=1S/C8H8F3NO3/c9-8(10,11)7(15)12-5-2-1-4(3-5)6(13)14/h1-2,4-5H,3H2,(H,12,15)(H,13,14). The van der Waals surface area contributed by atoms with Crippen LogP contribution in [-0.2, 0) is 9.59 Å². The van der Waals surface area contributed by atoms with E-state index in [2.05, 4.69) is 0 Å². The minimum Gasteiger partial charge on any atom is -0.481 e. The molecule has 0 heterocycles. The largest absolute Gasteiger partial charge is 0.481 e. The molecule has 0 spiro atoms. The number of alkyl halides is 3. The van der Waals surface area contributed by atoms with Gasteiger partial charge in [0.2, 0.25) is 0 Å². The lowest BCUT2D eigenvalue weighted by Gasteiger charge is -2.13. The number of hydrogen-bond donors (Lipinski definition) is 2. The lowest BCUT2D eigenvalue weighted by atomic mass is 10.1. The van der Waals surface area contributed by atoms with Gasteiger partial charge in [-0.3, -0.25) is 9.59 Å². The Labute approximate surface area is 82.8 Å². The molecule has 7 heteroatoms. The van der Waals surface area contributed by atoms with Crippen LogP contribution in [0, 0.1) is 5.92 Å². The Morgan fingerprint density at radius 1 is 1.33 bits per heavy atom. The van der Waals surface area contributed by atoms with Gasteiger partial charge in [0.25, 0.3) is 0 Å². The van der Waals surface area contributed by atoms with E-state index >= 15 is 0 Å². The fourth-order valence-corrected chi connectivity index (χ4v) is 1.24. The van der Waals surface area contributed by atoms with Gasteiger partial charge in [0.1, 0.15) is 0 Å². The predicted octanol–water partition coefficient (Wildman–Crippen LogP) is 0.694. The second-order valence-electron chi connectivity index (χ2n) is 3.14. The Bertz CT molecular complexity index is 311. The molecule has 0 saturated heterocycles. The first kappa shape index (κ1) is 11.5. The molecule has 0 radical (unpaired) electrons. The van der Waals surface area contributed by atoms with Gasteiger partial charge in [-0.2, -0.15) is 13.2 Å². The summed E-state index contributed by atoms with van der Waals surface area (Å²) in [6.45, 7) is 0. The minimum atomic E-state index is -4.94. The van der Waals surface area contributed by atoms with Gasteiger partial charge in [-0.25, -0.2) is 0 Å². The van der Waals surface area contributed by atoms with Crippen molar-refractivity contribution in [1.29, 1.82) is 0 Å². The Hall–Kier alpha value is -1.53. The summed E-state index contributed by atoms with van der Waals surface area (Å²) in [5.74, 6) is -4.00. The van der Waals surface area contributed by atoms with Crippen LogP contribution in [0.25, 0.3) is 0 Å². The van der Waals surface area contributed by atoms with Crippen molar-refractivity contribution in [3.8, 4) is 0 Å². The Morgan fingerprint density at radius 2 is 1.93 bits per heavy atom. The van der Waals surface area contributed by atoms with Gasteiger partial charge in [-0.05, 0) is 6.42 Å². The minimum absolute atomic E-state index is 0.0445. The van der Waals surface area contributed by atoms with E-state index in [4.69, 9.17) is 5.11 Å². The molecule has 0 bridgehead atoms. The van der Waals surface area contributed by atoms with E-state index in [-0.39, 0.29) is 6.42 Å². The predicted molar refractivity (Wildman–Crippen MR) is 42.9 cm³/mol. The maximum absolute atomic E-state index is 11.8. The zero-order valence-corrected chi connectivity index (χ0v) is 7.41. The van der Waals surface area contributed by atoms with Crippen molar-refractivity contribution in [1.82, 2.24) is 5.32 Å². The van der Waals surface area contributed by atoms with Gasteiger partial charge in [0, 0.05) is 6.04 Å². The molecule has 0 aromatic heterocycles. The van der Waals surface area contributed by atoms with Gasteiger partial charge in [-0.1, -0.05) is 12.2 Å². The Balaban J connectivity index is 2.48. The molecular weight excluding hydrogens is 215 g/mol. The molecule has 0 saturated carbocycles. The summed E-state index contributed by atoms with van der Waals surface area (Å²) >= 11 is 0. The molecule has 0 aromatic carbocycles. The van der Waals surface area contributed by atoms with Crippen LogP contribution >= 0.6 is 0 Å². The number of nitrogens with one attached hydrogen (secondary N) is 1. The highest BCUT2D eigenvalue weighted by molar-refractivity contribution is 5.82. The molecule has 0 fully saturated rings. The van der Waals surface area contributed by atoms with E-state index in [9.17, 15) is 22.8 Å². The van der Waals surface area contributed by atoms with Crippen molar-refractivity contribution in [2.24, 2.45) is 5.92 Å². The molecule has 1 aliphatic rings. The van der Waals surface area contributed by atoms with Crippen molar-refractivity contribution in [3.63, 3.8) is 0 Å². The summed E-state index contributed by atoms with van der Waals surface area (Å²) in [6, 6.07) is -0.861. The van der Waals surface area contributed by atoms with E-state index < -0.39 is 30.0 Å². The fraction of sp³-hybridized carbons (Fsp3) is 0.500. The molecule has 2 atom stereocenters. The number of aliphatic carboxylic acids is 1. The highest BCUT2D eigenvalue weighted by Gasteiger charge is 2.40. The van der Waals surface area contributed by atoms with Crippen LogP contribution < -0.4 is 5.32 Å². The van der Waals surface area contributed by atoms with E-state index in [1.165, 1.54) is 12.2 Å². The molecule has 84 valence electrons. The maximum Gasteiger partial charge on any atom is 0.471 e. The van der Waals surface area contributed by atoms with E-state index in [0.29, 0.717) is 0 Å². The molecular formula is C8H8F3NO3. The van der Waals surface area contributed by atoms with Crippen LogP contribution in [0.4, 0.5) is 13.2 Å². The van der Waals surface area contributed by atoms with E-state index in [0.717, 1.165) is 0 Å². The molecule has 1 rings (SSSR count). The summed E-state index contributed by atoms with van der Waals surface area (Å²) in [5, 5.41) is 10.2. The highest BCUT2D eigenvalue weighted by atomic mass is 19.4. The number of carboxylic acids is 1. The lowest BCUT2D eigenvalue weighted by Crippen LogP contribution is -2.42. The summed E-state index contributed by atoms with van der Waals surface area (Å²) in [5.41, 5.74) is 0. The van der Waals surface area contributed by atoms with E-state index in [1.54, 1.807) is 5.32 Å². The molecule has 1 amide bonds. The number of carboxylic acid groups (broad SMARTS) is 1. The average Bonchev–Trinajstić information content (AvgIpc) is 2.50. The number of carbonyl (C=O) groups excluding carboxylic acids is 1. The Kier molecular flexibility index (Phi) is 3.01. The average molecular weight is 223 g/mol. The summed E-state index contributed by atoms with van der Waals surface area (Å²) in [4.78, 5) is 20.9. The van der Waals surface area contributed by atoms with Crippen molar-refractivity contribution in [2.75, 3.05) is 0 Å². The monoisotopic (exact) mass is 223 g/mol. The SMILES string of the molecule is O=C(O)C1C=CC(NC(=O)C(F)(F)F)C1. The van der Waals surface area contributed by atoms with Crippen molar-refractivity contribution < 1.29 is 27.9 Å². The third-order valence-electron chi connectivity index (χ3n) is 1.97. The number of amides is 1. The van der Waals surface area contributed by atoms with Gasteiger partial charge in [-0.15, -0.1) is 0 Å². The van der Waals surface area contributed by atoms with Crippen molar-refractivity contribution in [3.05, 3.63) is 12.2 Å². The van der Waals surface area contributed by atoms with Gasteiger partial charge >= 0.3 is 18.1 Å². The second-order valence-corrected chi connectivity index (χ2v) is 3.14. The van der Waals surface area contributed by atoms with E-state index in [1.807, 2.05) is 0 Å². The van der Waals surface area contributed by atoms with Crippen LogP contribution in [0.2, 0.25) is 0 Å². The topological polar surface area (TPSA) is 66.4 Å². The Morgan fingerprint density at radius 3 is 2.33 bits per heavy atom. The molecule has 0 aliphatic heterocycles. The lowest BCUT2D eigenvalue weighted by molar-refractivity contribution is -0.174. The quantitative estimate of drug-likeness (QED) is 0.677. The third-order valence-corrected chi connectivity index (χ3v) is 1.97. The normalized spacial score (nSPS) is 25.3. The van der Waals surface area contributed by atoms with Crippen LogP contribution in [0.5, 0.6) is 0 Å². The maximum atomic E-state index is 11.8. The zero-order valence-electron chi connectivity index (χ0n) is 7.41. The van der Waals surface area contributed by atoms with Crippen molar-refractivity contribution in [2.45, 2.75) is 18.6 Å². The number of halogens is 3. The molecule has 4 nitrogen and oxygen atoms in total. The van der Waals surface area contributed by atoms with Crippen LogP contribution in [0.1, 0.15) is 6.42 Å². The van der Waals surface area contributed by atoms with Crippen LogP contribution in [0.3, 0.4) is 0 Å². The second kappa shape index (κ2) is 3.92. The fourth-order valence-electron chi connectivity index (χ4n) is 1.24. The molecule has 15 heavy (non-hydrogen) atoms. The number of carbonyl (C=O) groups is 2. The molecule has 1 aliphatic carbocycles. The number of rotatable bonds is 2. The summed E-state index contributed by atoms with van der Waals surface area (Å²) in [7, 11) is 0. The number of hydrogen-bond acceptors (Lipinski definition) is 2. The van der Waals surface area contributed by atoms with Crippen molar-refractivity contribution >= 4 is 11.9 Å². The first-order chi connectivity index (χ1) is 6.80. The van der Waals surface area contributed by atoms with Gasteiger partial charge in [0.15, 0.2) is 0 Å². The highest BCUT2D eigenvalue weighted by Crippen LogP contribution is 2.20. The first-order valence-electron chi connectivity index (χ1n) is 4.09. The molecule has 2 N–H and O–H groups in total. The first-order valence-corrected chi connectivity index (χ1v) is 4.09. The third kappa shape index (κ3) is 2.97.